The summed E-state index contributed by atoms with van der Waals surface area (Å²) < 4.78 is 0.971. The molecule has 0 spiro atoms. The Morgan fingerprint density at radius 3 is 2.82 bits per heavy atom. The molecule has 1 aromatic heterocycles. The fourth-order valence-electron chi connectivity index (χ4n) is 2.00. The predicted molar refractivity (Wildman–Crippen MR) is 94.1 cm³/mol. The third kappa shape index (κ3) is 5.48. The van der Waals surface area contributed by atoms with Crippen molar-refractivity contribution in [1.29, 1.82) is 0 Å². The summed E-state index contributed by atoms with van der Waals surface area (Å²) in [6.45, 7) is 3.09. The summed E-state index contributed by atoms with van der Waals surface area (Å²) in [4.78, 5) is 16.3. The first-order valence-corrected chi connectivity index (χ1v) is 8.21. The molecule has 2 rings (SSSR count). The van der Waals surface area contributed by atoms with E-state index in [1.807, 2.05) is 36.4 Å². The van der Waals surface area contributed by atoms with Crippen molar-refractivity contribution in [3.8, 4) is 0 Å². The normalized spacial score (nSPS) is 10.3. The SMILES string of the molecule is CCCCNc1ccc(NC(=O)Cc2cccc(Br)c2)nc1. The van der Waals surface area contributed by atoms with Crippen LogP contribution in [0.3, 0.4) is 0 Å². The van der Waals surface area contributed by atoms with Crippen molar-refractivity contribution in [1.82, 2.24) is 4.98 Å². The lowest BCUT2D eigenvalue weighted by molar-refractivity contribution is -0.115. The molecule has 0 radical (unpaired) electrons. The Balaban J connectivity index is 1.86. The van der Waals surface area contributed by atoms with Gasteiger partial charge in [-0.2, -0.15) is 0 Å². The van der Waals surface area contributed by atoms with Crippen LogP contribution >= 0.6 is 15.9 Å². The largest absolute Gasteiger partial charge is 0.384 e. The molecular formula is C17H20BrN3O. The topological polar surface area (TPSA) is 54.0 Å². The molecule has 2 aromatic rings. The lowest BCUT2D eigenvalue weighted by atomic mass is 10.1. The minimum absolute atomic E-state index is 0.0720. The molecule has 2 N–H and O–H groups in total. The van der Waals surface area contributed by atoms with Crippen molar-refractivity contribution in [2.24, 2.45) is 0 Å². The first-order chi connectivity index (χ1) is 10.7. The van der Waals surface area contributed by atoms with Gasteiger partial charge < -0.3 is 10.6 Å². The van der Waals surface area contributed by atoms with Gasteiger partial charge in [0.25, 0.3) is 0 Å². The second kappa shape index (κ2) is 8.54. The number of rotatable bonds is 7. The Morgan fingerprint density at radius 1 is 1.27 bits per heavy atom. The third-order valence-corrected chi connectivity index (χ3v) is 3.64. The predicted octanol–water partition coefficient (Wildman–Crippen LogP) is 4.24. The molecular weight excluding hydrogens is 342 g/mol. The maximum atomic E-state index is 12.0. The van der Waals surface area contributed by atoms with Crippen molar-refractivity contribution in [2.75, 3.05) is 17.2 Å². The van der Waals surface area contributed by atoms with E-state index in [9.17, 15) is 4.79 Å². The molecule has 0 bridgehead atoms. The summed E-state index contributed by atoms with van der Waals surface area (Å²) in [5.74, 6) is 0.498. The van der Waals surface area contributed by atoms with Gasteiger partial charge in [0.15, 0.2) is 0 Å². The number of hydrogen-bond donors (Lipinski definition) is 2. The zero-order chi connectivity index (χ0) is 15.8. The fraction of sp³-hybridized carbons (Fsp3) is 0.294. The summed E-state index contributed by atoms with van der Waals surface area (Å²) in [7, 11) is 0. The number of halogens is 1. The Bertz CT molecular complexity index is 614. The van der Waals surface area contributed by atoms with E-state index in [2.05, 4.69) is 38.5 Å². The summed E-state index contributed by atoms with van der Waals surface area (Å²) in [6.07, 6.45) is 4.36. The number of nitrogens with zero attached hydrogens (tertiary/aromatic N) is 1. The third-order valence-electron chi connectivity index (χ3n) is 3.14. The standard InChI is InChI=1S/C17H20BrN3O/c1-2-3-9-19-15-7-8-16(20-12-15)21-17(22)11-13-5-4-6-14(18)10-13/h4-8,10,12,19H,2-3,9,11H2,1H3,(H,20,21,22). The maximum Gasteiger partial charge on any atom is 0.229 e. The van der Waals surface area contributed by atoms with Gasteiger partial charge in [-0.15, -0.1) is 0 Å². The van der Waals surface area contributed by atoms with E-state index in [0.29, 0.717) is 12.2 Å². The van der Waals surface area contributed by atoms with Gasteiger partial charge >= 0.3 is 0 Å². The number of aromatic nitrogens is 1. The minimum atomic E-state index is -0.0720. The molecule has 0 aliphatic heterocycles. The molecule has 4 nitrogen and oxygen atoms in total. The van der Waals surface area contributed by atoms with Gasteiger partial charge in [-0.05, 0) is 36.2 Å². The van der Waals surface area contributed by atoms with Crippen molar-refractivity contribution in [3.63, 3.8) is 0 Å². The van der Waals surface area contributed by atoms with Crippen molar-refractivity contribution < 1.29 is 4.79 Å². The average Bonchev–Trinajstić information content (AvgIpc) is 2.49. The molecule has 0 fully saturated rings. The molecule has 1 heterocycles. The summed E-state index contributed by atoms with van der Waals surface area (Å²) in [5, 5.41) is 6.10. The molecule has 0 aliphatic carbocycles. The van der Waals surface area contributed by atoms with Crippen LogP contribution in [-0.4, -0.2) is 17.4 Å². The van der Waals surface area contributed by atoms with Crippen molar-refractivity contribution >= 4 is 33.3 Å². The average molecular weight is 362 g/mol. The highest BCUT2D eigenvalue weighted by Gasteiger charge is 2.05. The van der Waals surface area contributed by atoms with E-state index in [0.717, 1.165) is 35.1 Å². The van der Waals surface area contributed by atoms with Gasteiger partial charge in [-0.25, -0.2) is 4.98 Å². The van der Waals surface area contributed by atoms with E-state index in [-0.39, 0.29) is 5.91 Å². The van der Waals surface area contributed by atoms with Gasteiger partial charge in [-0.1, -0.05) is 41.4 Å². The number of amides is 1. The van der Waals surface area contributed by atoms with Crippen LogP contribution < -0.4 is 10.6 Å². The van der Waals surface area contributed by atoms with Gasteiger partial charge in [0.1, 0.15) is 5.82 Å². The fourth-order valence-corrected chi connectivity index (χ4v) is 2.45. The molecule has 1 aromatic carbocycles. The summed E-state index contributed by atoms with van der Waals surface area (Å²) in [6, 6.07) is 11.5. The Kier molecular flexibility index (Phi) is 6.40. The van der Waals surface area contributed by atoms with E-state index < -0.39 is 0 Å². The van der Waals surface area contributed by atoms with E-state index in [1.165, 1.54) is 0 Å². The lowest BCUT2D eigenvalue weighted by Crippen LogP contribution is -2.15. The van der Waals surface area contributed by atoms with Crippen molar-refractivity contribution in [2.45, 2.75) is 26.2 Å². The molecule has 0 saturated heterocycles. The second-order valence-electron chi connectivity index (χ2n) is 5.07. The number of anilines is 2. The van der Waals surface area contributed by atoms with Crippen LogP contribution in [0.1, 0.15) is 25.3 Å². The van der Waals surface area contributed by atoms with E-state index in [4.69, 9.17) is 0 Å². The highest BCUT2D eigenvalue weighted by atomic mass is 79.9. The van der Waals surface area contributed by atoms with Gasteiger partial charge in [0.2, 0.25) is 5.91 Å². The van der Waals surface area contributed by atoms with Crippen LogP contribution in [-0.2, 0) is 11.2 Å². The first kappa shape index (κ1) is 16.5. The van der Waals surface area contributed by atoms with Gasteiger partial charge in [0.05, 0.1) is 18.3 Å². The smallest absolute Gasteiger partial charge is 0.229 e. The van der Waals surface area contributed by atoms with Crippen LogP contribution in [0.15, 0.2) is 47.1 Å². The number of carbonyl (C=O) groups excluding carboxylic acids is 1. The zero-order valence-corrected chi connectivity index (χ0v) is 14.2. The number of hydrogen-bond acceptors (Lipinski definition) is 3. The number of unbranched alkanes of at least 4 members (excludes halogenated alkanes) is 1. The molecule has 0 unspecified atom stereocenters. The number of pyridine rings is 1. The van der Waals surface area contributed by atoms with Crippen LogP contribution in [0.2, 0.25) is 0 Å². The van der Waals surface area contributed by atoms with E-state index in [1.54, 1.807) is 6.20 Å². The monoisotopic (exact) mass is 361 g/mol. The van der Waals surface area contributed by atoms with Crippen LogP contribution in [0, 0.1) is 0 Å². The zero-order valence-electron chi connectivity index (χ0n) is 12.6. The Labute approximate surface area is 139 Å². The second-order valence-corrected chi connectivity index (χ2v) is 5.98. The maximum absolute atomic E-state index is 12.0. The van der Waals surface area contributed by atoms with Crippen LogP contribution in [0.5, 0.6) is 0 Å². The van der Waals surface area contributed by atoms with Crippen LogP contribution in [0.25, 0.3) is 0 Å². The Hall–Kier alpha value is -1.88. The minimum Gasteiger partial charge on any atom is -0.384 e. The molecule has 1 amide bonds. The molecule has 22 heavy (non-hydrogen) atoms. The van der Waals surface area contributed by atoms with Gasteiger partial charge in [0, 0.05) is 11.0 Å². The molecule has 5 heteroatoms. The number of benzene rings is 1. The summed E-state index contributed by atoms with van der Waals surface area (Å²) >= 11 is 3.40. The van der Waals surface area contributed by atoms with E-state index >= 15 is 0 Å². The quantitative estimate of drug-likeness (QED) is 0.725. The molecule has 0 atom stereocenters. The highest BCUT2D eigenvalue weighted by molar-refractivity contribution is 9.10. The highest BCUT2D eigenvalue weighted by Crippen LogP contribution is 2.13. The van der Waals surface area contributed by atoms with Gasteiger partial charge in [-0.3, -0.25) is 4.79 Å². The first-order valence-electron chi connectivity index (χ1n) is 7.41. The number of nitrogens with one attached hydrogen (secondary N) is 2. The molecule has 116 valence electrons. The molecule has 0 saturated carbocycles. The molecule has 0 aliphatic rings. The number of carbonyl (C=O) groups is 1. The lowest BCUT2D eigenvalue weighted by Gasteiger charge is -2.07. The summed E-state index contributed by atoms with van der Waals surface area (Å²) in [5.41, 5.74) is 1.93. The van der Waals surface area contributed by atoms with Crippen molar-refractivity contribution in [3.05, 3.63) is 52.6 Å². The van der Waals surface area contributed by atoms with Crippen LogP contribution in [0.4, 0.5) is 11.5 Å². The Morgan fingerprint density at radius 2 is 2.14 bits per heavy atom.